The molecular formula is C11H15N3S. The van der Waals surface area contributed by atoms with Gasteiger partial charge >= 0.3 is 0 Å². The third-order valence-electron chi connectivity index (χ3n) is 2.42. The summed E-state index contributed by atoms with van der Waals surface area (Å²) in [5, 5.41) is 10.4. The van der Waals surface area contributed by atoms with Crippen molar-refractivity contribution < 1.29 is 0 Å². The van der Waals surface area contributed by atoms with E-state index in [0.717, 1.165) is 23.8 Å². The van der Waals surface area contributed by atoms with Crippen molar-refractivity contribution in [2.45, 2.75) is 19.5 Å². The molecular weight excluding hydrogens is 206 g/mol. The zero-order chi connectivity index (χ0) is 10.7. The van der Waals surface area contributed by atoms with Gasteiger partial charge in [0.2, 0.25) is 0 Å². The second kappa shape index (κ2) is 4.49. The second-order valence-corrected chi connectivity index (χ2v) is 4.16. The SMILES string of the molecule is Cc1ccc(NC2CCNC(=S)N2)cc1. The fourth-order valence-electron chi connectivity index (χ4n) is 1.57. The molecule has 0 bridgehead atoms. The lowest BCUT2D eigenvalue weighted by atomic mass is 10.2. The molecule has 0 aromatic heterocycles. The highest BCUT2D eigenvalue weighted by molar-refractivity contribution is 7.80. The lowest BCUT2D eigenvalue weighted by Crippen LogP contribution is -2.52. The molecule has 1 unspecified atom stereocenters. The molecule has 0 radical (unpaired) electrons. The first-order valence-corrected chi connectivity index (χ1v) is 5.52. The van der Waals surface area contributed by atoms with Crippen molar-refractivity contribution >= 4 is 23.0 Å². The van der Waals surface area contributed by atoms with Gasteiger partial charge in [0.1, 0.15) is 0 Å². The summed E-state index contributed by atoms with van der Waals surface area (Å²) in [5.74, 6) is 0. The predicted molar refractivity (Wildman–Crippen MR) is 66.9 cm³/mol. The highest BCUT2D eigenvalue weighted by atomic mass is 32.1. The van der Waals surface area contributed by atoms with Crippen LogP contribution in [-0.4, -0.2) is 17.8 Å². The number of nitrogens with one attached hydrogen (secondary N) is 3. The minimum Gasteiger partial charge on any atom is -0.365 e. The van der Waals surface area contributed by atoms with E-state index in [2.05, 4.69) is 47.1 Å². The normalized spacial score (nSPS) is 20.3. The van der Waals surface area contributed by atoms with Gasteiger partial charge in [0.15, 0.2) is 5.11 Å². The summed E-state index contributed by atoms with van der Waals surface area (Å²) < 4.78 is 0. The van der Waals surface area contributed by atoms with Gasteiger partial charge in [-0.25, -0.2) is 0 Å². The van der Waals surface area contributed by atoms with Gasteiger partial charge in [-0.2, -0.15) is 0 Å². The molecule has 80 valence electrons. The van der Waals surface area contributed by atoms with Crippen LogP contribution in [0.2, 0.25) is 0 Å². The van der Waals surface area contributed by atoms with Crippen LogP contribution in [-0.2, 0) is 0 Å². The van der Waals surface area contributed by atoms with E-state index in [1.807, 2.05) is 0 Å². The molecule has 1 aromatic rings. The highest BCUT2D eigenvalue weighted by Crippen LogP contribution is 2.10. The third kappa shape index (κ3) is 2.83. The summed E-state index contributed by atoms with van der Waals surface area (Å²) in [6, 6.07) is 8.37. The van der Waals surface area contributed by atoms with Crippen LogP contribution in [0.25, 0.3) is 0 Å². The number of rotatable bonds is 2. The summed E-state index contributed by atoms with van der Waals surface area (Å²) in [4.78, 5) is 0. The maximum Gasteiger partial charge on any atom is 0.167 e. The van der Waals surface area contributed by atoms with Crippen molar-refractivity contribution in [2.75, 3.05) is 11.9 Å². The third-order valence-corrected chi connectivity index (χ3v) is 2.68. The van der Waals surface area contributed by atoms with E-state index < -0.39 is 0 Å². The number of thiocarbonyl (C=S) groups is 1. The monoisotopic (exact) mass is 221 g/mol. The molecule has 2 rings (SSSR count). The average Bonchev–Trinajstić information content (AvgIpc) is 2.22. The van der Waals surface area contributed by atoms with E-state index in [0.29, 0.717) is 0 Å². The van der Waals surface area contributed by atoms with E-state index >= 15 is 0 Å². The van der Waals surface area contributed by atoms with Crippen molar-refractivity contribution in [3.05, 3.63) is 29.8 Å². The van der Waals surface area contributed by atoms with Gasteiger partial charge in [-0.15, -0.1) is 0 Å². The Hall–Kier alpha value is -1.29. The average molecular weight is 221 g/mol. The molecule has 0 amide bonds. The van der Waals surface area contributed by atoms with Crippen LogP contribution in [0, 0.1) is 6.92 Å². The molecule has 0 saturated carbocycles. The smallest absolute Gasteiger partial charge is 0.167 e. The summed E-state index contributed by atoms with van der Waals surface area (Å²) in [6.07, 6.45) is 1.26. The summed E-state index contributed by atoms with van der Waals surface area (Å²) in [5.41, 5.74) is 2.40. The molecule has 15 heavy (non-hydrogen) atoms. The first-order valence-electron chi connectivity index (χ1n) is 5.11. The van der Waals surface area contributed by atoms with Gasteiger partial charge in [-0.05, 0) is 31.3 Å². The zero-order valence-corrected chi connectivity index (χ0v) is 9.53. The number of benzene rings is 1. The van der Waals surface area contributed by atoms with E-state index in [9.17, 15) is 0 Å². The molecule has 1 fully saturated rings. The molecule has 1 atom stereocenters. The van der Waals surface area contributed by atoms with Gasteiger partial charge in [-0.3, -0.25) is 0 Å². The number of aryl methyl sites for hydroxylation is 1. The fraction of sp³-hybridized carbons (Fsp3) is 0.364. The topological polar surface area (TPSA) is 36.1 Å². The van der Waals surface area contributed by atoms with Gasteiger partial charge in [0.25, 0.3) is 0 Å². The molecule has 1 aromatic carbocycles. The standard InChI is InChI=1S/C11H15N3S/c1-8-2-4-9(5-3-8)13-10-6-7-12-11(15)14-10/h2-5,10,13H,6-7H2,1H3,(H2,12,14,15). The van der Waals surface area contributed by atoms with Crippen molar-refractivity contribution in [3.63, 3.8) is 0 Å². The molecule has 1 saturated heterocycles. The Bertz CT molecular complexity index is 347. The summed E-state index contributed by atoms with van der Waals surface area (Å²) in [6.45, 7) is 3.01. The van der Waals surface area contributed by atoms with Crippen molar-refractivity contribution in [2.24, 2.45) is 0 Å². The molecule has 0 aliphatic carbocycles. The predicted octanol–water partition coefficient (Wildman–Crippen LogP) is 1.60. The van der Waals surface area contributed by atoms with Crippen molar-refractivity contribution in [1.29, 1.82) is 0 Å². The van der Waals surface area contributed by atoms with Gasteiger partial charge in [0, 0.05) is 18.7 Å². The molecule has 1 aliphatic rings. The minimum absolute atomic E-state index is 0.237. The minimum atomic E-state index is 0.237. The number of anilines is 1. The molecule has 0 spiro atoms. The van der Waals surface area contributed by atoms with Crippen LogP contribution < -0.4 is 16.0 Å². The largest absolute Gasteiger partial charge is 0.365 e. The van der Waals surface area contributed by atoms with E-state index in [1.165, 1.54) is 5.56 Å². The van der Waals surface area contributed by atoms with Crippen LogP contribution in [0.1, 0.15) is 12.0 Å². The lowest BCUT2D eigenvalue weighted by molar-refractivity contribution is 0.562. The summed E-state index contributed by atoms with van der Waals surface area (Å²) >= 11 is 5.06. The molecule has 1 heterocycles. The van der Waals surface area contributed by atoms with Gasteiger partial charge < -0.3 is 16.0 Å². The van der Waals surface area contributed by atoms with Crippen LogP contribution in [0.4, 0.5) is 5.69 Å². The Morgan fingerprint density at radius 3 is 2.73 bits per heavy atom. The fourth-order valence-corrected chi connectivity index (χ4v) is 1.82. The molecule has 3 nitrogen and oxygen atoms in total. The van der Waals surface area contributed by atoms with Crippen molar-refractivity contribution in [3.8, 4) is 0 Å². The van der Waals surface area contributed by atoms with Crippen LogP contribution in [0.15, 0.2) is 24.3 Å². The van der Waals surface area contributed by atoms with Gasteiger partial charge in [0.05, 0.1) is 6.17 Å². The Labute approximate surface area is 95.3 Å². The quantitative estimate of drug-likeness (QED) is 0.663. The van der Waals surface area contributed by atoms with E-state index in [4.69, 9.17) is 12.2 Å². The van der Waals surface area contributed by atoms with Crippen LogP contribution >= 0.6 is 12.2 Å². The van der Waals surface area contributed by atoms with Crippen molar-refractivity contribution in [1.82, 2.24) is 10.6 Å². The number of hydrogen-bond donors (Lipinski definition) is 3. The molecule has 3 N–H and O–H groups in total. The Morgan fingerprint density at radius 2 is 2.07 bits per heavy atom. The van der Waals surface area contributed by atoms with Crippen LogP contribution in [0.3, 0.4) is 0 Å². The molecule has 1 aliphatic heterocycles. The number of hydrogen-bond acceptors (Lipinski definition) is 2. The first kappa shape index (κ1) is 10.2. The van der Waals surface area contributed by atoms with E-state index in [1.54, 1.807) is 0 Å². The van der Waals surface area contributed by atoms with Crippen LogP contribution in [0.5, 0.6) is 0 Å². The maximum absolute atomic E-state index is 5.06. The Morgan fingerprint density at radius 1 is 1.33 bits per heavy atom. The Kier molecular flexibility index (Phi) is 3.06. The Balaban J connectivity index is 1.96. The first-order chi connectivity index (χ1) is 7.24. The molecule has 4 heteroatoms. The van der Waals surface area contributed by atoms with Gasteiger partial charge in [-0.1, -0.05) is 17.7 Å². The highest BCUT2D eigenvalue weighted by Gasteiger charge is 2.13. The van der Waals surface area contributed by atoms with E-state index in [-0.39, 0.29) is 6.17 Å². The maximum atomic E-state index is 5.06. The second-order valence-electron chi connectivity index (χ2n) is 3.75. The summed E-state index contributed by atoms with van der Waals surface area (Å²) in [7, 11) is 0. The zero-order valence-electron chi connectivity index (χ0n) is 8.71. The lowest BCUT2D eigenvalue weighted by Gasteiger charge is -2.27.